The maximum atomic E-state index is 13.8. The third kappa shape index (κ3) is 2.84. The van der Waals surface area contributed by atoms with Crippen molar-refractivity contribution in [2.24, 2.45) is 15.6 Å². The van der Waals surface area contributed by atoms with Crippen molar-refractivity contribution in [2.75, 3.05) is 6.54 Å². The number of aromatic nitrogens is 1. The van der Waals surface area contributed by atoms with Gasteiger partial charge in [-0.25, -0.2) is 0 Å². The third-order valence-electron chi connectivity index (χ3n) is 8.09. The van der Waals surface area contributed by atoms with Crippen molar-refractivity contribution in [3.05, 3.63) is 76.0 Å². The molecule has 0 saturated carbocycles. The summed E-state index contributed by atoms with van der Waals surface area (Å²) in [5.74, 6) is 1.09. The monoisotopic (exact) mass is 438 g/mol. The molecule has 2 aromatic rings. The molecule has 0 bridgehead atoms. The number of dihydropyridines is 1. The van der Waals surface area contributed by atoms with Crippen LogP contribution in [0, 0.1) is 5.41 Å². The first-order valence-electron chi connectivity index (χ1n) is 12.2. The second-order valence-corrected chi connectivity index (χ2v) is 10.4. The molecule has 1 atom stereocenters. The Morgan fingerprint density at radius 2 is 1.97 bits per heavy atom. The van der Waals surface area contributed by atoms with Crippen molar-refractivity contribution in [1.29, 1.82) is 0 Å². The van der Waals surface area contributed by atoms with Gasteiger partial charge in [-0.3, -0.25) is 9.78 Å². The molecule has 2 aliphatic heterocycles. The van der Waals surface area contributed by atoms with Crippen LogP contribution in [0.5, 0.6) is 0 Å². The fourth-order valence-electron chi connectivity index (χ4n) is 6.45. The summed E-state index contributed by atoms with van der Waals surface area (Å²) in [6.07, 6.45) is 8.05. The Hall–Kier alpha value is -3.08. The summed E-state index contributed by atoms with van der Waals surface area (Å²) in [6.45, 7) is 6.85. The van der Waals surface area contributed by atoms with Gasteiger partial charge in [0.2, 0.25) is 0 Å². The van der Waals surface area contributed by atoms with Gasteiger partial charge >= 0.3 is 0 Å². The number of allylic oxidation sites excluding steroid dienone is 2. The average molecular weight is 439 g/mol. The van der Waals surface area contributed by atoms with Gasteiger partial charge in [-0.05, 0) is 66.5 Å². The van der Waals surface area contributed by atoms with E-state index in [1.165, 1.54) is 40.8 Å². The number of benzene rings is 1. The van der Waals surface area contributed by atoms with Crippen molar-refractivity contribution in [2.45, 2.75) is 64.7 Å². The molecule has 0 saturated heterocycles. The van der Waals surface area contributed by atoms with E-state index in [0.717, 1.165) is 41.9 Å². The molecule has 5 heteroatoms. The van der Waals surface area contributed by atoms with E-state index in [-0.39, 0.29) is 5.78 Å². The molecule has 1 N–H and O–H groups in total. The molecule has 0 fully saturated rings. The number of nitrogens with zero attached hydrogens (tertiary/aromatic N) is 3. The number of hydrogen-bond donors (Lipinski definition) is 1. The maximum Gasteiger partial charge on any atom is 0.167 e. The Balaban J connectivity index is 1.55. The number of fused-ring (bicyclic) bond motifs is 1. The number of nitrogens with one attached hydrogen (secondary N) is 1. The normalized spacial score (nSPS) is 25.1. The SMILES string of the molecule is CCC1(c2cccc(-c3ccnc4c3CCCC4)c2)C2=C(N=NC2)NC2=C1C(=O)C(C)(C)C2. The number of azo groups is 1. The Bertz CT molecular complexity index is 1280. The summed E-state index contributed by atoms with van der Waals surface area (Å²) in [5.41, 5.74) is 8.47. The van der Waals surface area contributed by atoms with Gasteiger partial charge in [0.25, 0.3) is 0 Å². The van der Waals surface area contributed by atoms with Gasteiger partial charge in [-0.2, -0.15) is 5.11 Å². The number of pyridine rings is 1. The highest BCUT2D eigenvalue weighted by atomic mass is 16.1. The summed E-state index contributed by atoms with van der Waals surface area (Å²) in [4.78, 5) is 18.4. The van der Waals surface area contributed by atoms with E-state index in [4.69, 9.17) is 0 Å². The molecule has 168 valence electrons. The zero-order valence-corrected chi connectivity index (χ0v) is 19.7. The predicted molar refractivity (Wildman–Crippen MR) is 129 cm³/mol. The topological polar surface area (TPSA) is 66.7 Å². The van der Waals surface area contributed by atoms with E-state index in [2.05, 4.69) is 71.6 Å². The lowest BCUT2D eigenvalue weighted by Gasteiger charge is -2.40. The Morgan fingerprint density at radius 3 is 2.82 bits per heavy atom. The van der Waals surface area contributed by atoms with Crippen molar-refractivity contribution in [3.8, 4) is 11.1 Å². The molecular formula is C28H30N4O. The zero-order chi connectivity index (χ0) is 22.8. The fraction of sp³-hybridized carbons (Fsp3) is 0.429. The van der Waals surface area contributed by atoms with Crippen LogP contribution in [0.1, 0.15) is 63.3 Å². The van der Waals surface area contributed by atoms with E-state index < -0.39 is 10.8 Å². The molecule has 0 spiro atoms. The number of carbonyl (C=O) groups excluding carboxylic acids is 1. The molecule has 6 rings (SSSR count). The molecule has 33 heavy (non-hydrogen) atoms. The summed E-state index contributed by atoms with van der Waals surface area (Å²) in [6, 6.07) is 11.0. The van der Waals surface area contributed by atoms with Crippen LogP contribution >= 0.6 is 0 Å². The van der Waals surface area contributed by atoms with Crippen molar-refractivity contribution >= 4 is 5.78 Å². The number of Topliss-reactive ketones (excluding diaryl/α,β-unsaturated/α-hetero) is 1. The number of aryl methyl sites for hydroxylation is 1. The van der Waals surface area contributed by atoms with Gasteiger partial charge in [0.15, 0.2) is 11.6 Å². The summed E-state index contributed by atoms with van der Waals surface area (Å²) < 4.78 is 0. The highest BCUT2D eigenvalue weighted by molar-refractivity contribution is 6.06. The van der Waals surface area contributed by atoms with Crippen LogP contribution in [0.4, 0.5) is 0 Å². The number of carbonyl (C=O) groups is 1. The smallest absolute Gasteiger partial charge is 0.167 e. The maximum absolute atomic E-state index is 13.8. The Kier molecular flexibility index (Phi) is 4.48. The van der Waals surface area contributed by atoms with Crippen LogP contribution in [0.25, 0.3) is 11.1 Å². The Labute approximate surface area is 195 Å². The fourth-order valence-corrected chi connectivity index (χ4v) is 6.45. The highest BCUT2D eigenvalue weighted by Gasteiger charge is 2.54. The molecular weight excluding hydrogens is 408 g/mol. The average Bonchev–Trinajstić information content (AvgIpc) is 3.39. The van der Waals surface area contributed by atoms with Gasteiger partial charge in [0.05, 0.1) is 12.0 Å². The first kappa shape index (κ1) is 20.5. The lowest BCUT2D eigenvalue weighted by molar-refractivity contribution is -0.122. The molecule has 1 aromatic heterocycles. The second kappa shape index (κ2) is 7.21. The van der Waals surface area contributed by atoms with Crippen LogP contribution in [-0.2, 0) is 23.1 Å². The number of rotatable bonds is 3. The summed E-state index contributed by atoms with van der Waals surface area (Å²) in [5, 5.41) is 12.3. The minimum Gasteiger partial charge on any atom is -0.342 e. The van der Waals surface area contributed by atoms with E-state index in [1.807, 2.05) is 6.20 Å². The molecule has 5 nitrogen and oxygen atoms in total. The lowest BCUT2D eigenvalue weighted by Crippen LogP contribution is -2.41. The van der Waals surface area contributed by atoms with Gasteiger partial charge in [0.1, 0.15) is 0 Å². The van der Waals surface area contributed by atoms with Crippen LogP contribution < -0.4 is 5.32 Å². The van der Waals surface area contributed by atoms with Crippen molar-refractivity contribution < 1.29 is 4.79 Å². The van der Waals surface area contributed by atoms with E-state index in [9.17, 15) is 4.79 Å². The summed E-state index contributed by atoms with van der Waals surface area (Å²) >= 11 is 0. The van der Waals surface area contributed by atoms with Crippen molar-refractivity contribution in [1.82, 2.24) is 10.3 Å². The van der Waals surface area contributed by atoms with E-state index in [1.54, 1.807) is 0 Å². The molecule has 0 amide bonds. The van der Waals surface area contributed by atoms with Gasteiger partial charge in [-0.1, -0.05) is 39.0 Å². The largest absolute Gasteiger partial charge is 0.342 e. The first-order chi connectivity index (χ1) is 16.0. The highest BCUT2D eigenvalue weighted by Crippen LogP contribution is 2.55. The minimum atomic E-state index is -0.493. The van der Waals surface area contributed by atoms with Gasteiger partial charge < -0.3 is 5.32 Å². The van der Waals surface area contributed by atoms with Gasteiger partial charge in [0, 0.05) is 40.6 Å². The number of hydrogen-bond acceptors (Lipinski definition) is 5. The molecule has 3 heterocycles. The Morgan fingerprint density at radius 1 is 1.12 bits per heavy atom. The number of ketones is 1. The standard InChI is InChI=1S/C28H30N4O/c1-4-28(21-16-30-32-26(21)31-23-15-27(2,3)25(33)24(23)28)18-9-7-8-17(14-18)19-12-13-29-22-11-6-5-10-20(19)22/h7-9,12-14,31H,4-6,10-11,15-16H2,1-3H3. The predicted octanol–water partition coefficient (Wildman–Crippen LogP) is 5.81. The molecule has 1 aromatic carbocycles. The van der Waals surface area contributed by atoms with Crippen LogP contribution in [0.15, 0.2) is 69.4 Å². The quantitative estimate of drug-likeness (QED) is 0.658. The molecule has 0 radical (unpaired) electrons. The second-order valence-electron chi connectivity index (χ2n) is 10.4. The molecule has 1 unspecified atom stereocenters. The van der Waals surface area contributed by atoms with Crippen LogP contribution in [0.2, 0.25) is 0 Å². The first-order valence-corrected chi connectivity index (χ1v) is 12.2. The molecule has 4 aliphatic rings. The van der Waals surface area contributed by atoms with E-state index in [0.29, 0.717) is 13.0 Å². The minimum absolute atomic E-state index is 0.247. The van der Waals surface area contributed by atoms with Crippen molar-refractivity contribution in [3.63, 3.8) is 0 Å². The zero-order valence-electron chi connectivity index (χ0n) is 19.7. The summed E-state index contributed by atoms with van der Waals surface area (Å²) in [7, 11) is 0. The van der Waals surface area contributed by atoms with Crippen LogP contribution in [0.3, 0.4) is 0 Å². The van der Waals surface area contributed by atoms with E-state index >= 15 is 0 Å². The lowest BCUT2D eigenvalue weighted by atomic mass is 9.63. The third-order valence-corrected chi connectivity index (χ3v) is 8.09. The van der Waals surface area contributed by atoms with Crippen LogP contribution in [-0.4, -0.2) is 17.3 Å². The van der Waals surface area contributed by atoms with Gasteiger partial charge in [-0.15, -0.1) is 5.11 Å². The molecule has 2 aliphatic carbocycles.